The number of nitrogens with zero attached hydrogens (tertiary/aromatic N) is 1. The highest BCUT2D eigenvalue weighted by Gasteiger charge is 2.37. The molecule has 1 heterocycles. The van der Waals surface area contributed by atoms with Crippen LogP contribution in [0, 0.1) is 0 Å². The number of hydrogen-bond donors (Lipinski definition) is 1. The maximum atomic E-state index is 14.1. The highest BCUT2D eigenvalue weighted by atomic mass is 31.2. The van der Waals surface area contributed by atoms with Gasteiger partial charge in [0.2, 0.25) is 0 Å². The van der Waals surface area contributed by atoms with Gasteiger partial charge in [0.1, 0.15) is 22.9 Å². The summed E-state index contributed by atoms with van der Waals surface area (Å²) in [6.45, 7) is 5.43. The second kappa shape index (κ2) is 9.98. The van der Waals surface area contributed by atoms with Gasteiger partial charge in [-0.2, -0.15) is 0 Å². The molecule has 4 rings (SSSR count). The molecular weight excluding hydrogens is 463 g/mol. The van der Waals surface area contributed by atoms with E-state index < -0.39 is 25.1 Å². The molecule has 0 aliphatic carbocycles. The van der Waals surface area contributed by atoms with Crippen LogP contribution in [0.25, 0.3) is 10.9 Å². The fourth-order valence-electron chi connectivity index (χ4n) is 3.62. The average Bonchev–Trinajstić information content (AvgIpc) is 3.18. The first-order valence-corrected chi connectivity index (χ1v) is 12.9. The van der Waals surface area contributed by atoms with E-state index in [9.17, 15) is 9.36 Å². The number of carbonyl (C=O) groups is 1. The minimum Gasteiger partial charge on any atom is -0.443 e. The number of aromatic nitrogens is 1. The summed E-state index contributed by atoms with van der Waals surface area (Å²) >= 11 is 0. The van der Waals surface area contributed by atoms with Gasteiger partial charge < -0.3 is 19.5 Å². The van der Waals surface area contributed by atoms with Gasteiger partial charge in [0.25, 0.3) is 0 Å². The molecule has 0 aliphatic heterocycles. The Hall–Kier alpha value is -3.54. The Morgan fingerprint density at radius 3 is 1.94 bits per heavy atom. The number of benzene rings is 3. The normalized spacial score (nSPS) is 12.8. The Kier molecular flexibility index (Phi) is 7.01. The highest BCUT2D eigenvalue weighted by molar-refractivity contribution is 7.55. The van der Waals surface area contributed by atoms with Crippen LogP contribution in [0.5, 0.6) is 11.5 Å². The number of para-hydroxylation sites is 3. The molecule has 4 aromatic rings. The first-order valence-electron chi connectivity index (χ1n) is 11.3. The van der Waals surface area contributed by atoms with Crippen molar-refractivity contribution in [2.75, 3.05) is 0 Å². The minimum absolute atomic E-state index is 0.146. The largest absolute Gasteiger partial charge is 0.447 e. The van der Waals surface area contributed by atoms with Crippen LogP contribution in [0.15, 0.2) is 91.1 Å². The molecule has 3 aromatic carbocycles. The summed E-state index contributed by atoms with van der Waals surface area (Å²) in [5, 5.41) is 0.805. The van der Waals surface area contributed by atoms with Gasteiger partial charge in [-0.05, 0) is 56.7 Å². The summed E-state index contributed by atoms with van der Waals surface area (Å²) < 4.78 is 32.8. The number of fused-ring (bicyclic) bond motifs is 1. The predicted molar refractivity (Wildman–Crippen MR) is 137 cm³/mol. The topological polar surface area (TPSA) is 92.8 Å². The molecule has 7 nitrogen and oxygen atoms in total. The Labute approximate surface area is 205 Å². The van der Waals surface area contributed by atoms with Crippen LogP contribution in [0.3, 0.4) is 0 Å². The molecule has 0 spiro atoms. The minimum atomic E-state index is -3.89. The van der Waals surface area contributed by atoms with Gasteiger partial charge >= 0.3 is 13.7 Å². The zero-order chi connectivity index (χ0) is 25.1. The molecule has 35 heavy (non-hydrogen) atoms. The van der Waals surface area contributed by atoms with E-state index in [0.717, 1.165) is 10.9 Å². The maximum absolute atomic E-state index is 14.1. The van der Waals surface area contributed by atoms with Gasteiger partial charge in [-0.25, -0.2) is 9.36 Å². The second-order valence-electron chi connectivity index (χ2n) is 9.14. The van der Waals surface area contributed by atoms with Gasteiger partial charge in [-0.15, -0.1) is 0 Å². The van der Waals surface area contributed by atoms with E-state index in [4.69, 9.17) is 19.5 Å². The molecule has 0 saturated carbocycles. The van der Waals surface area contributed by atoms with E-state index in [1.54, 1.807) is 54.7 Å². The molecule has 1 atom stereocenters. The summed E-state index contributed by atoms with van der Waals surface area (Å²) in [6, 6.07) is 25.0. The lowest BCUT2D eigenvalue weighted by Crippen LogP contribution is -2.28. The molecule has 0 saturated heterocycles. The Balaban J connectivity index is 1.68. The molecule has 1 aromatic heterocycles. The summed E-state index contributed by atoms with van der Waals surface area (Å²) in [7, 11) is -3.89. The lowest BCUT2D eigenvalue weighted by molar-refractivity contribution is 0.0544. The Morgan fingerprint density at radius 1 is 0.886 bits per heavy atom. The SMILES string of the molecule is CC(C)(C)OC(=O)n1cc(CC(N)P(=O)(Oc2ccccc2)Oc2ccccc2)c2ccccc21. The molecular formula is C27H29N2O5P. The predicted octanol–water partition coefficient (Wildman–Crippen LogP) is 6.60. The first-order chi connectivity index (χ1) is 16.6. The molecule has 2 N–H and O–H groups in total. The van der Waals surface area contributed by atoms with E-state index >= 15 is 0 Å². The monoisotopic (exact) mass is 492 g/mol. The van der Waals surface area contributed by atoms with E-state index in [0.29, 0.717) is 17.0 Å². The van der Waals surface area contributed by atoms with Crippen molar-refractivity contribution in [2.45, 2.75) is 38.6 Å². The van der Waals surface area contributed by atoms with Crippen molar-refractivity contribution in [1.82, 2.24) is 4.57 Å². The number of ether oxygens (including phenoxy) is 1. The summed E-state index contributed by atoms with van der Waals surface area (Å²) in [5.74, 6) is -0.238. The van der Waals surface area contributed by atoms with Crippen LogP contribution >= 0.6 is 7.60 Å². The Morgan fingerprint density at radius 2 is 1.40 bits per heavy atom. The maximum Gasteiger partial charge on any atom is 0.447 e. The summed E-state index contributed by atoms with van der Waals surface area (Å²) in [5.41, 5.74) is 7.27. The molecule has 0 fully saturated rings. The highest BCUT2D eigenvalue weighted by Crippen LogP contribution is 2.52. The first kappa shape index (κ1) is 24.6. The number of hydrogen-bond acceptors (Lipinski definition) is 6. The molecule has 0 aliphatic rings. The van der Waals surface area contributed by atoms with Crippen LogP contribution in [-0.2, 0) is 15.7 Å². The van der Waals surface area contributed by atoms with Gasteiger partial charge in [0.15, 0.2) is 0 Å². The zero-order valence-corrected chi connectivity index (χ0v) is 20.9. The van der Waals surface area contributed by atoms with Crippen molar-refractivity contribution in [3.05, 3.63) is 96.7 Å². The van der Waals surface area contributed by atoms with Crippen molar-refractivity contribution in [3.63, 3.8) is 0 Å². The van der Waals surface area contributed by atoms with Crippen LogP contribution in [-0.4, -0.2) is 22.0 Å². The van der Waals surface area contributed by atoms with Crippen LogP contribution in [0.4, 0.5) is 4.79 Å². The lowest BCUT2D eigenvalue weighted by Gasteiger charge is -2.25. The molecule has 0 radical (unpaired) electrons. The quantitative estimate of drug-likeness (QED) is 0.292. The number of carbonyl (C=O) groups excluding carboxylic acids is 1. The second-order valence-corrected chi connectivity index (χ2v) is 11.2. The summed E-state index contributed by atoms with van der Waals surface area (Å²) in [6.07, 6.45) is 1.32. The van der Waals surface area contributed by atoms with E-state index in [2.05, 4.69) is 0 Å². The van der Waals surface area contributed by atoms with Crippen molar-refractivity contribution in [1.29, 1.82) is 0 Å². The molecule has 0 bridgehead atoms. The van der Waals surface area contributed by atoms with Crippen molar-refractivity contribution < 1.29 is 23.1 Å². The third-order valence-electron chi connectivity index (χ3n) is 5.17. The van der Waals surface area contributed by atoms with E-state index in [1.807, 2.05) is 57.2 Å². The van der Waals surface area contributed by atoms with E-state index in [1.165, 1.54) is 4.57 Å². The number of rotatable bonds is 7. The van der Waals surface area contributed by atoms with Gasteiger partial charge in [0.05, 0.1) is 5.52 Å². The Bertz CT molecular complexity index is 1300. The van der Waals surface area contributed by atoms with Gasteiger partial charge in [-0.3, -0.25) is 4.57 Å². The van der Waals surface area contributed by atoms with Crippen molar-refractivity contribution >= 4 is 24.6 Å². The van der Waals surface area contributed by atoms with Crippen LogP contribution in [0.2, 0.25) is 0 Å². The third kappa shape index (κ3) is 5.94. The zero-order valence-electron chi connectivity index (χ0n) is 20.0. The fourth-order valence-corrected chi connectivity index (χ4v) is 5.18. The van der Waals surface area contributed by atoms with Crippen LogP contribution < -0.4 is 14.8 Å². The molecule has 182 valence electrons. The molecule has 8 heteroatoms. The number of nitrogens with two attached hydrogens (primary N) is 1. The van der Waals surface area contributed by atoms with E-state index in [-0.39, 0.29) is 6.42 Å². The average molecular weight is 493 g/mol. The van der Waals surface area contributed by atoms with Gasteiger partial charge in [0, 0.05) is 18.0 Å². The van der Waals surface area contributed by atoms with Crippen molar-refractivity contribution in [3.8, 4) is 11.5 Å². The third-order valence-corrected chi connectivity index (χ3v) is 7.10. The molecule has 1 unspecified atom stereocenters. The lowest BCUT2D eigenvalue weighted by atomic mass is 10.1. The van der Waals surface area contributed by atoms with Crippen molar-refractivity contribution in [2.24, 2.45) is 5.73 Å². The molecule has 0 amide bonds. The fraction of sp³-hybridized carbons (Fsp3) is 0.222. The van der Waals surface area contributed by atoms with Crippen LogP contribution in [0.1, 0.15) is 26.3 Å². The smallest absolute Gasteiger partial charge is 0.443 e. The van der Waals surface area contributed by atoms with Gasteiger partial charge in [-0.1, -0.05) is 54.6 Å². The standard InChI is InChI=1S/C27H29N2O5P/c1-27(2,3)32-26(30)29-19-20(23-16-10-11-17-24(23)29)18-25(28)35(31,33-21-12-6-4-7-13-21)34-22-14-8-5-9-15-22/h4-17,19,25H,18,28H2,1-3H3. The summed E-state index contributed by atoms with van der Waals surface area (Å²) in [4.78, 5) is 12.9.